The molecule has 0 amide bonds. The molecule has 0 aliphatic carbocycles. The Morgan fingerprint density at radius 2 is 2.07 bits per heavy atom. The minimum atomic E-state index is -0.504. The lowest BCUT2D eigenvalue weighted by atomic mass is 10.2. The fraction of sp³-hybridized carbons (Fsp3) is 0.286. The van der Waals surface area contributed by atoms with Crippen molar-refractivity contribution in [2.45, 2.75) is 12.6 Å². The highest BCUT2D eigenvalue weighted by Crippen LogP contribution is 2.14. The maximum Gasteiger partial charge on any atom is 0.330 e. The number of rotatable bonds is 7. The van der Waals surface area contributed by atoms with Crippen molar-refractivity contribution in [3.63, 3.8) is 0 Å². The van der Waals surface area contributed by atoms with E-state index in [-0.39, 0.29) is 18.4 Å². The zero-order valence-electron chi connectivity index (χ0n) is 15.4. The van der Waals surface area contributed by atoms with Gasteiger partial charge < -0.3 is 9.47 Å². The van der Waals surface area contributed by atoms with Gasteiger partial charge in [0.2, 0.25) is 0 Å². The van der Waals surface area contributed by atoms with Gasteiger partial charge in [0, 0.05) is 37.8 Å². The summed E-state index contributed by atoms with van der Waals surface area (Å²) in [5.41, 5.74) is 1.78. The molecule has 7 nitrogen and oxygen atoms in total. The lowest BCUT2D eigenvalue weighted by Gasteiger charge is -2.32. The Bertz CT molecular complexity index is 838. The molecule has 1 atom stereocenters. The van der Waals surface area contributed by atoms with Crippen LogP contribution in [0.4, 0.5) is 5.69 Å². The van der Waals surface area contributed by atoms with E-state index in [0.29, 0.717) is 18.7 Å². The number of carbonyl (C=O) groups excluding carboxylic acids is 1. The van der Waals surface area contributed by atoms with Crippen molar-refractivity contribution in [2.75, 3.05) is 26.3 Å². The standard InChI is InChI=1S/C21H22N2O5/c24-21(10-9-17-7-4-8-19(13-17)23(25)26)28-16-20-15-22(11-12-27-20)14-18-5-2-1-3-6-18/h1-10,13,20H,11-12,14-16H2/b10-9+. The van der Waals surface area contributed by atoms with Gasteiger partial charge >= 0.3 is 5.97 Å². The van der Waals surface area contributed by atoms with Crippen LogP contribution in [0, 0.1) is 10.1 Å². The molecule has 0 spiro atoms. The van der Waals surface area contributed by atoms with Crippen LogP contribution >= 0.6 is 0 Å². The van der Waals surface area contributed by atoms with Gasteiger partial charge in [-0.05, 0) is 17.2 Å². The molecule has 1 unspecified atom stereocenters. The maximum atomic E-state index is 11.9. The van der Waals surface area contributed by atoms with Crippen LogP contribution in [0.1, 0.15) is 11.1 Å². The minimum Gasteiger partial charge on any atom is -0.460 e. The van der Waals surface area contributed by atoms with Gasteiger partial charge in [0.05, 0.1) is 11.5 Å². The third kappa shape index (κ3) is 6.00. The number of esters is 1. The summed E-state index contributed by atoms with van der Waals surface area (Å²) in [6.07, 6.45) is 2.59. The molecule has 2 aromatic rings. The number of morpholine rings is 1. The number of nitro benzene ring substituents is 1. The average molecular weight is 382 g/mol. The van der Waals surface area contributed by atoms with Crippen LogP contribution in [-0.4, -0.2) is 48.2 Å². The predicted octanol–water partition coefficient (Wildman–Crippen LogP) is 3.05. The molecule has 0 bridgehead atoms. The van der Waals surface area contributed by atoms with Crippen LogP contribution in [0.15, 0.2) is 60.7 Å². The second-order valence-electron chi connectivity index (χ2n) is 6.53. The van der Waals surface area contributed by atoms with Crippen molar-refractivity contribution in [1.82, 2.24) is 4.90 Å². The molecule has 1 aliphatic rings. The van der Waals surface area contributed by atoms with Crippen molar-refractivity contribution < 1.29 is 19.2 Å². The van der Waals surface area contributed by atoms with E-state index in [0.717, 1.165) is 13.1 Å². The maximum absolute atomic E-state index is 11.9. The van der Waals surface area contributed by atoms with E-state index in [9.17, 15) is 14.9 Å². The number of hydrogen-bond donors (Lipinski definition) is 0. The summed E-state index contributed by atoms with van der Waals surface area (Å²) in [6.45, 7) is 3.13. The molecule has 28 heavy (non-hydrogen) atoms. The van der Waals surface area contributed by atoms with E-state index in [1.165, 1.54) is 29.8 Å². The first kappa shape index (κ1) is 19.7. The number of nitrogens with zero attached hydrogens (tertiary/aromatic N) is 2. The summed E-state index contributed by atoms with van der Waals surface area (Å²) < 4.78 is 11.0. The van der Waals surface area contributed by atoms with Gasteiger partial charge in [0.25, 0.3) is 5.69 Å². The molecule has 0 saturated carbocycles. The van der Waals surface area contributed by atoms with Crippen molar-refractivity contribution >= 4 is 17.7 Å². The highest BCUT2D eigenvalue weighted by molar-refractivity contribution is 5.87. The van der Waals surface area contributed by atoms with Crippen molar-refractivity contribution in [3.8, 4) is 0 Å². The van der Waals surface area contributed by atoms with Gasteiger partial charge in [-0.25, -0.2) is 4.79 Å². The SMILES string of the molecule is O=C(/C=C/c1cccc([N+](=O)[O-])c1)OCC1CN(Cc2ccccc2)CCO1. The lowest BCUT2D eigenvalue weighted by molar-refractivity contribution is -0.384. The fourth-order valence-electron chi connectivity index (χ4n) is 3.00. The highest BCUT2D eigenvalue weighted by atomic mass is 16.6. The van der Waals surface area contributed by atoms with E-state index in [1.54, 1.807) is 12.1 Å². The summed E-state index contributed by atoms with van der Waals surface area (Å²) in [7, 11) is 0. The molecule has 1 heterocycles. The van der Waals surface area contributed by atoms with Crippen LogP contribution < -0.4 is 0 Å². The predicted molar refractivity (Wildman–Crippen MR) is 105 cm³/mol. The summed E-state index contributed by atoms with van der Waals surface area (Å²) in [4.78, 5) is 24.5. The molecule has 0 radical (unpaired) electrons. The number of hydrogen-bond acceptors (Lipinski definition) is 6. The molecule has 0 aromatic heterocycles. The van der Waals surface area contributed by atoms with Gasteiger partial charge in [-0.1, -0.05) is 42.5 Å². The second-order valence-corrected chi connectivity index (χ2v) is 6.53. The summed E-state index contributed by atoms with van der Waals surface area (Å²) in [5.74, 6) is -0.504. The number of ether oxygens (including phenoxy) is 2. The Kier molecular flexibility index (Phi) is 6.89. The van der Waals surface area contributed by atoms with Crippen LogP contribution in [-0.2, 0) is 20.8 Å². The number of nitro groups is 1. The Morgan fingerprint density at radius 3 is 2.86 bits per heavy atom. The third-order valence-corrected chi connectivity index (χ3v) is 4.38. The average Bonchev–Trinajstić information content (AvgIpc) is 2.72. The van der Waals surface area contributed by atoms with Gasteiger partial charge in [0.1, 0.15) is 12.7 Å². The van der Waals surface area contributed by atoms with Crippen molar-refractivity contribution in [2.24, 2.45) is 0 Å². The summed E-state index contributed by atoms with van der Waals surface area (Å²) in [6, 6.07) is 16.2. The molecule has 1 saturated heterocycles. The van der Waals surface area contributed by atoms with Crippen LogP contribution in [0.25, 0.3) is 6.08 Å². The quantitative estimate of drug-likeness (QED) is 0.317. The second kappa shape index (κ2) is 9.77. The summed E-state index contributed by atoms with van der Waals surface area (Å²) >= 11 is 0. The zero-order valence-corrected chi connectivity index (χ0v) is 15.4. The number of non-ortho nitro benzene ring substituents is 1. The Hall–Kier alpha value is -3.03. The molecule has 7 heteroatoms. The van der Waals surface area contributed by atoms with Crippen LogP contribution in [0.5, 0.6) is 0 Å². The topological polar surface area (TPSA) is 81.9 Å². The molecule has 146 valence electrons. The molecule has 0 N–H and O–H groups in total. The Morgan fingerprint density at radius 1 is 1.25 bits per heavy atom. The normalized spacial score (nSPS) is 17.5. The first-order valence-corrected chi connectivity index (χ1v) is 9.07. The number of carbonyl (C=O) groups is 1. The van der Waals surface area contributed by atoms with Crippen molar-refractivity contribution in [1.29, 1.82) is 0 Å². The number of benzene rings is 2. The Labute approximate surface area is 163 Å². The zero-order chi connectivity index (χ0) is 19.8. The molecule has 1 aliphatic heterocycles. The van der Waals surface area contributed by atoms with Crippen molar-refractivity contribution in [3.05, 3.63) is 81.9 Å². The smallest absolute Gasteiger partial charge is 0.330 e. The van der Waals surface area contributed by atoms with Gasteiger partial charge in [-0.15, -0.1) is 0 Å². The monoisotopic (exact) mass is 382 g/mol. The molecular formula is C21H22N2O5. The first-order valence-electron chi connectivity index (χ1n) is 9.07. The summed E-state index contributed by atoms with van der Waals surface area (Å²) in [5, 5.41) is 10.8. The van der Waals surface area contributed by atoms with Gasteiger partial charge in [-0.3, -0.25) is 15.0 Å². The Balaban J connectivity index is 1.46. The fourth-order valence-corrected chi connectivity index (χ4v) is 3.00. The minimum absolute atomic E-state index is 0.0235. The highest BCUT2D eigenvalue weighted by Gasteiger charge is 2.21. The largest absolute Gasteiger partial charge is 0.460 e. The van der Waals surface area contributed by atoms with E-state index in [2.05, 4.69) is 17.0 Å². The van der Waals surface area contributed by atoms with Gasteiger partial charge in [-0.2, -0.15) is 0 Å². The third-order valence-electron chi connectivity index (χ3n) is 4.38. The van der Waals surface area contributed by atoms with E-state index < -0.39 is 10.9 Å². The molecule has 2 aromatic carbocycles. The van der Waals surface area contributed by atoms with Crippen LogP contribution in [0.3, 0.4) is 0 Å². The van der Waals surface area contributed by atoms with E-state index in [1.807, 2.05) is 18.2 Å². The molecular weight excluding hydrogens is 360 g/mol. The van der Waals surface area contributed by atoms with E-state index in [4.69, 9.17) is 9.47 Å². The first-order chi connectivity index (χ1) is 13.6. The van der Waals surface area contributed by atoms with Gasteiger partial charge in [0.15, 0.2) is 0 Å². The van der Waals surface area contributed by atoms with E-state index >= 15 is 0 Å². The molecule has 3 rings (SSSR count). The molecule has 1 fully saturated rings. The lowest BCUT2D eigenvalue weighted by Crippen LogP contribution is -2.44. The van der Waals surface area contributed by atoms with Crippen LogP contribution in [0.2, 0.25) is 0 Å².